The second-order valence-corrected chi connectivity index (χ2v) is 9.84. The Hall–Kier alpha value is -2.84. The zero-order valence-electron chi connectivity index (χ0n) is 21.4. The van der Waals surface area contributed by atoms with Gasteiger partial charge in [-0.15, -0.1) is 6.58 Å². The van der Waals surface area contributed by atoms with Crippen molar-refractivity contribution in [2.75, 3.05) is 13.7 Å². The predicted molar refractivity (Wildman–Crippen MR) is 132 cm³/mol. The molecule has 2 saturated heterocycles. The lowest BCUT2D eigenvalue weighted by Crippen LogP contribution is -2.60. The van der Waals surface area contributed by atoms with Gasteiger partial charge in [-0.2, -0.15) is 0 Å². The molecule has 3 heterocycles. The molecule has 1 aromatic carbocycles. The summed E-state index contributed by atoms with van der Waals surface area (Å²) < 4.78 is 28.1. The highest BCUT2D eigenvalue weighted by Gasteiger charge is 2.48. The number of carbonyl (C=O) groups excluding carboxylic acids is 2. The third-order valence-electron chi connectivity index (χ3n) is 7.32. The number of ketones is 1. The van der Waals surface area contributed by atoms with Gasteiger partial charge in [0.05, 0.1) is 37.8 Å². The lowest BCUT2D eigenvalue weighted by atomic mass is 9.78. The zero-order chi connectivity index (χ0) is 28.3. The fraction of sp³-hybridized carbons (Fsp3) is 0.556. The van der Waals surface area contributed by atoms with Gasteiger partial charge < -0.3 is 49.2 Å². The first-order chi connectivity index (χ1) is 18.7. The first-order valence-corrected chi connectivity index (χ1v) is 12.6. The number of hydrogen-bond donors (Lipinski definition) is 5. The highest BCUT2D eigenvalue weighted by molar-refractivity contribution is 5.89. The minimum absolute atomic E-state index is 0.0238. The number of Topliss-reactive ketones (excluding diaryl/α,β-unsaturated/α-hetero) is 1. The number of rotatable bonds is 8. The van der Waals surface area contributed by atoms with Crippen molar-refractivity contribution in [2.45, 2.75) is 68.5 Å². The van der Waals surface area contributed by atoms with Crippen LogP contribution in [0.25, 0.3) is 0 Å². The van der Waals surface area contributed by atoms with Crippen molar-refractivity contribution < 1.29 is 58.8 Å². The normalized spacial score (nSPS) is 36.9. The van der Waals surface area contributed by atoms with E-state index in [9.17, 15) is 35.1 Å². The molecule has 12 nitrogen and oxygen atoms in total. The third-order valence-corrected chi connectivity index (χ3v) is 7.32. The van der Waals surface area contributed by atoms with Gasteiger partial charge in [-0.3, -0.25) is 4.79 Å². The van der Waals surface area contributed by atoms with Gasteiger partial charge in [-0.1, -0.05) is 18.2 Å². The van der Waals surface area contributed by atoms with Crippen LogP contribution in [0.5, 0.6) is 5.75 Å². The van der Waals surface area contributed by atoms with Gasteiger partial charge >= 0.3 is 5.97 Å². The number of benzene rings is 1. The Morgan fingerprint density at radius 3 is 2.44 bits per heavy atom. The van der Waals surface area contributed by atoms with Crippen LogP contribution in [0.4, 0.5) is 0 Å². The number of phenols is 1. The summed E-state index contributed by atoms with van der Waals surface area (Å²) in [6.45, 7) is 3.22. The monoisotopic (exact) mass is 550 g/mol. The van der Waals surface area contributed by atoms with Gasteiger partial charge in [0.1, 0.15) is 35.9 Å². The second kappa shape index (κ2) is 12.6. The van der Waals surface area contributed by atoms with Gasteiger partial charge in [-0.05, 0) is 24.1 Å². The number of hydrogen-bond acceptors (Lipinski definition) is 12. The summed E-state index contributed by atoms with van der Waals surface area (Å²) in [4.78, 5) is 25.3. The summed E-state index contributed by atoms with van der Waals surface area (Å²) in [7, 11) is 1.22. The summed E-state index contributed by atoms with van der Waals surface area (Å²) >= 11 is 0. The van der Waals surface area contributed by atoms with Crippen LogP contribution in [0.15, 0.2) is 48.8 Å². The van der Waals surface area contributed by atoms with Crippen LogP contribution in [-0.4, -0.2) is 94.1 Å². The van der Waals surface area contributed by atoms with Gasteiger partial charge in [0.25, 0.3) is 0 Å². The fourth-order valence-corrected chi connectivity index (χ4v) is 5.21. The van der Waals surface area contributed by atoms with Crippen molar-refractivity contribution in [1.29, 1.82) is 0 Å². The summed E-state index contributed by atoms with van der Waals surface area (Å²) in [6.07, 6.45) is -6.67. The molecule has 0 unspecified atom stereocenters. The summed E-state index contributed by atoms with van der Waals surface area (Å²) in [5, 5.41) is 49.7. The van der Waals surface area contributed by atoms with Gasteiger partial charge in [-0.25, -0.2) is 4.79 Å². The van der Waals surface area contributed by atoms with Crippen molar-refractivity contribution in [3.63, 3.8) is 0 Å². The number of aromatic hydroxyl groups is 1. The summed E-state index contributed by atoms with van der Waals surface area (Å²) in [5.41, 5.74) is 0.893. The molecule has 12 heteroatoms. The molecule has 0 spiro atoms. The van der Waals surface area contributed by atoms with E-state index in [4.69, 9.17) is 23.7 Å². The topological polar surface area (TPSA) is 181 Å². The number of esters is 1. The van der Waals surface area contributed by atoms with Crippen LogP contribution in [-0.2, 0) is 33.3 Å². The molecule has 214 valence electrons. The third kappa shape index (κ3) is 6.33. The van der Waals surface area contributed by atoms with Crippen LogP contribution >= 0.6 is 0 Å². The fourth-order valence-electron chi connectivity index (χ4n) is 5.21. The SMILES string of the molecule is C=C[C@@H]1[C@H](O[C@@H]2O[C@H](CO)[C@@H](O)[C@H](O)[C@H]2O)OC=C(C(=O)OC)[C@H]1C[C@H]1CC(=O)C[C@H](c2ccc(O)cc2)O1. The molecule has 2 fully saturated rings. The van der Waals surface area contributed by atoms with E-state index in [-0.39, 0.29) is 36.4 Å². The van der Waals surface area contributed by atoms with E-state index in [1.807, 2.05) is 0 Å². The van der Waals surface area contributed by atoms with Crippen LogP contribution < -0.4 is 0 Å². The van der Waals surface area contributed by atoms with E-state index in [1.54, 1.807) is 12.1 Å². The Bertz CT molecular complexity index is 1050. The van der Waals surface area contributed by atoms with E-state index in [0.29, 0.717) is 0 Å². The minimum Gasteiger partial charge on any atom is -0.508 e. The molecular formula is C27H34O12. The van der Waals surface area contributed by atoms with Crippen molar-refractivity contribution >= 4 is 11.8 Å². The standard InChI is InChI=1S/C27H34O12/c1-3-17-18(10-16-8-15(30)9-20(37-16)13-4-6-14(29)7-5-13)19(25(34)35-2)12-36-26(17)39-27-24(33)23(32)22(31)21(11-28)38-27/h3-7,12,16-18,20-24,26-29,31-33H,1,8-11H2,2H3/t16-,17+,18+,20-,21-,22-,23+,24-,26+,27+/m1/s1. The number of carbonyl (C=O) groups is 2. The minimum atomic E-state index is -1.66. The molecule has 39 heavy (non-hydrogen) atoms. The Labute approximate surface area is 225 Å². The second-order valence-electron chi connectivity index (χ2n) is 9.84. The molecule has 0 saturated carbocycles. The first kappa shape index (κ1) is 29.2. The molecule has 10 atom stereocenters. The van der Waals surface area contributed by atoms with E-state index < -0.39 is 73.6 Å². The van der Waals surface area contributed by atoms with E-state index in [0.717, 1.165) is 5.56 Å². The average molecular weight is 551 g/mol. The lowest BCUT2D eigenvalue weighted by Gasteiger charge is -2.43. The molecule has 1 aromatic rings. The maximum atomic E-state index is 12.7. The molecule has 4 rings (SSSR count). The number of phenolic OH excluding ortho intramolecular Hbond substituents is 1. The molecule has 0 amide bonds. The first-order valence-electron chi connectivity index (χ1n) is 12.6. The van der Waals surface area contributed by atoms with Crippen LogP contribution in [0, 0.1) is 11.8 Å². The molecule has 0 radical (unpaired) electrons. The van der Waals surface area contributed by atoms with E-state index >= 15 is 0 Å². The number of aliphatic hydroxyl groups is 4. The van der Waals surface area contributed by atoms with Crippen molar-refractivity contribution in [1.82, 2.24) is 0 Å². The maximum Gasteiger partial charge on any atom is 0.337 e. The predicted octanol–water partition coefficient (Wildman–Crippen LogP) is 0.220. The highest BCUT2D eigenvalue weighted by atomic mass is 16.8. The molecule has 3 aliphatic heterocycles. The van der Waals surface area contributed by atoms with Crippen LogP contribution in [0.1, 0.15) is 30.9 Å². The quantitative estimate of drug-likeness (QED) is 0.220. The molecule has 0 aliphatic carbocycles. The molecule has 5 N–H and O–H groups in total. The van der Waals surface area contributed by atoms with Crippen LogP contribution in [0.3, 0.4) is 0 Å². The Morgan fingerprint density at radius 1 is 1.08 bits per heavy atom. The smallest absolute Gasteiger partial charge is 0.337 e. The van der Waals surface area contributed by atoms with E-state index in [1.165, 1.54) is 31.6 Å². The Kier molecular flexibility index (Phi) is 9.39. The largest absolute Gasteiger partial charge is 0.508 e. The number of aliphatic hydroxyl groups excluding tert-OH is 4. The molecule has 0 bridgehead atoms. The van der Waals surface area contributed by atoms with Crippen molar-refractivity contribution in [3.8, 4) is 5.75 Å². The summed E-state index contributed by atoms with van der Waals surface area (Å²) in [6, 6.07) is 6.39. The van der Waals surface area contributed by atoms with Gasteiger partial charge in [0.15, 0.2) is 6.29 Å². The highest BCUT2D eigenvalue weighted by Crippen LogP contribution is 2.41. The molecule has 3 aliphatic rings. The zero-order valence-corrected chi connectivity index (χ0v) is 21.4. The van der Waals surface area contributed by atoms with E-state index in [2.05, 4.69) is 6.58 Å². The van der Waals surface area contributed by atoms with Crippen molar-refractivity contribution in [2.24, 2.45) is 11.8 Å². The van der Waals surface area contributed by atoms with Gasteiger partial charge in [0.2, 0.25) is 6.29 Å². The van der Waals surface area contributed by atoms with Gasteiger partial charge in [0, 0.05) is 24.7 Å². The van der Waals surface area contributed by atoms with Crippen molar-refractivity contribution in [3.05, 3.63) is 54.3 Å². The van der Waals surface area contributed by atoms with Crippen LogP contribution in [0.2, 0.25) is 0 Å². The maximum absolute atomic E-state index is 12.7. The molecular weight excluding hydrogens is 516 g/mol. The number of ether oxygens (including phenoxy) is 5. The number of methoxy groups -OCH3 is 1. The average Bonchev–Trinajstić information content (AvgIpc) is 2.93. The lowest BCUT2D eigenvalue weighted by molar-refractivity contribution is -0.339. The Balaban J connectivity index is 1.55. The Morgan fingerprint density at radius 2 is 1.79 bits per heavy atom. The molecule has 0 aromatic heterocycles. The summed E-state index contributed by atoms with van der Waals surface area (Å²) in [5.74, 6) is -1.95.